The van der Waals surface area contributed by atoms with Gasteiger partial charge in [0, 0.05) is 32.4 Å². The quantitative estimate of drug-likeness (QED) is 0.707. The number of likely N-dealkylation sites (tertiary alicyclic amines) is 1. The maximum absolute atomic E-state index is 6.14. The van der Waals surface area contributed by atoms with Crippen LogP contribution in [0.5, 0.6) is 0 Å². The smallest absolute Gasteiger partial charge is 0.126 e. The van der Waals surface area contributed by atoms with Gasteiger partial charge in [-0.2, -0.15) is 0 Å². The molecular formula is C22H29N3O3. The van der Waals surface area contributed by atoms with Crippen molar-refractivity contribution >= 4 is 5.82 Å². The minimum Gasteiger partial charge on any atom is -0.377 e. The van der Waals surface area contributed by atoms with Crippen LogP contribution in [0.1, 0.15) is 12.0 Å². The van der Waals surface area contributed by atoms with Crippen LogP contribution in [0, 0.1) is 0 Å². The molecule has 0 spiro atoms. The number of rotatable bonds is 8. The van der Waals surface area contributed by atoms with Gasteiger partial charge in [-0.3, -0.25) is 4.90 Å². The number of hydrogen-bond donors (Lipinski definition) is 1. The topological polar surface area (TPSA) is 55.9 Å². The molecule has 28 heavy (non-hydrogen) atoms. The van der Waals surface area contributed by atoms with E-state index in [4.69, 9.17) is 14.2 Å². The molecule has 3 heterocycles. The number of aromatic nitrogens is 1. The van der Waals surface area contributed by atoms with Gasteiger partial charge in [0.1, 0.15) is 5.82 Å². The molecule has 2 atom stereocenters. The van der Waals surface area contributed by atoms with Gasteiger partial charge in [0.05, 0.1) is 38.1 Å². The van der Waals surface area contributed by atoms with Crippen LogP contribution >= 0.6 is 0 Å². The fraction of sp³-hybridized carbons (Fsp3) is 0.500. The number of anilines is 1. The summed E-state index contributed by atoms with van der Waals surface area (Å²) in [7, 11) is 0. The van der Waals surface area contributed by atoms with Crippen molar-refractivity contribution in [3.05, 3.63) is 60.3 Å². The summed E-state index contributed by atoms with van der Waals surface area (Å²) >= 11 is 0. The molecule has 6 heteroatoms. The summed E-state index contributed by atoms with van der Waals surface area (Å²) in [5.41, 5.74) is 1.22. The van der Waals surface area contributed by atoms with E-state index < -0.39 is 0 Å². The van der Waals surface area contributed by atoms with Crippen molar-refractivity contribution in [1.29, 1.82) is 0 Å². The van der Waals surface area contributed by atoms with Gasteiger partial charge in [0.2, 0.25) is 0 Å². The van der Waals surface area contributed by atoms with Crippen LogP contribution in [0.2, 0.25) is 0 Å². The van der Waals surface area contributed by atoms with Crippen LogP contribution in [0.3, 0.4) is 0 Å². The second kappa shape index (κ2) is 9.98. The average molecular weight is 383 g/mol. The molecule has 0 aliphatic carbocycles. The third kappa shape index (κ3) is 5.52. The molecule has 1 N–H and O–H groups in total. The summed E-state index contributed by atoms with van der Waals surface area (Å²) in [6.07, 6.45) is 3.12. The van der Waals surface area contributed by atoms with Crippen molar-refractivity contribution in [2.75, 3.05) is 44.8 Å². The number of nitrogens with one attached hydrogen (secondary N) is 1. The highest BCUT2D eigenvalue weighted by Gasteiger charge is 2.37. The standard InChI is InChI=1S/C22H29N3O3/c1-2-7-18(8-3-1)15-26-12-6-11-25-13-20-21(14-25)28-17-19(16-27-20)24-22-9-4-5-10-23-22/h1-5,7-10,19-21H,6,11-17H2,(H,23,24)/t20-,21-/m0/s1. The van der Waals surface area contributed by atoms with Gasteiger partial charge in [-0.1, -0.05) is 36.4 Å². The second-order valence-electron chi connectivity index (χ2n) is 7.45. The van der Waals surface area contributed by atoms with E-state index in [1.54, 1.807) is 6.20 Å². The molecule has 0 bridgehead atoms. The van der Waals surface area contributed by atoms with Crippen LogP contribution in [-0.2, 0) is 20.8 Å². The predicted molar refractivity (Wildman–Crippen MR) is 108 cm³/mol. The Morgan fingerprint density at radius 1 is 1.00 bits per heavy atom. The third-order valence-corrected chi connectivity index (χ3v) is 5.21. The van der Waals surface area contributed by atoms with Crippen LogP contribution in [-0.4, -0.2) is 67.6 Å². The molecule has 6 nitrogen and oxygen atoms in total. The summed E-state index contributed by atoms with van der Waals surface area (Å²) in [5.74, 6) is 0.865. The summed E-state index contributed by atoms with van der Waals surface area (Å²) in [5, 5.41) is 3.39. The number of ether oxygens (including phenoxy) is 3. The fourth-order valence-corrected chi connectivity index (χ4v) is 3.74. The molecule has 0 amide bonds. The van der Waals surface area contributed by atoms with Gasteiger partial charge in [-0.05, 0) is 24.1 Å². The van der Waals surface area contributed by atoms with E-state index in [-0.39, 0.29) is 18.2 Å². The van der Waals surface area contributed by atoms with Gasteiger partial charge < -0.3 is 19.5 Å². The maximum atomic E-state index is 6.14. The normalized spacial score (nSPS) is 23.3. The SMILES string of the molecule is c1ccc(COCCCN2C[C@@H]3OCC(Nc4ccccn4)CO[C@H]3C2)cc1. The molecule has 0 radical (unpaired) electrons. The third-order valence-electron chi connectivity index (χ3n) is 5.21. The zero-order valence-electron chi connectivity index (χ0n) is 16.2. The number of benzene rings is 1. The lowest BCUT2D eigenvalue weighted by Gasteiger charge is -2.19. The predicted octanol–water partition coefficient (Wildman–Crippen LogP) is 2.57. The van der Waals surface area contributed by atoms with E-state index in [1.165, 1.54) is 5.56 Å². The first-order valence-corrected chi connectivity index (χ1v) is 10.1. The van der Waals surface area contributed by atoms with E-state index in [0.717, 1.165) is 38.5 Å². The molecule has 2 saturated heterocycles. The number of hydrogen-bond acceptors (Lipinski definition) is 6. The summed E-state index contributed by atoms with van der Waals surface area (Å²) in [6.45, 7) is 5.63. The highest BCUT2D eigenvalue weighted by atomic mass is 16.6. The fourth-order valence-electron chi connectivity index (χ4n) is 3.74. The highest BCUT2D eigenvalue weighted by molar-refractivity contribution is 5.34. The molecule has 4 rings (SSSR count). The molecule has 1 aromatic heterocycles. The summed E-state index contributed by atoms with van der Waals surface area (Å²) in [4.78, 5) is 6.74. The Hall–Kier alpha value is -1.99. The van der Waals surface area contributed by atoms with Crippen LogP contribution in [0.15, 0.2) is 54.7 Å². The van der Waals surface area contributed by atoms with Crippen molar-refractivity contribution in [2.24, 2.45) is 0 Å². The second-order valence-corrected chi connectivity index (χ2v) is 7.45. The Labute approximate surface area is 166 Å². The van der Waals surface area contributed by atoms with Crippen molar-refractivity contribution in [3.63, 3.8) is 0 Å². The Kier molecular flexibility index (Phi) is 6.89. The first-order valence-electron chi connectivity index (χ1n) is 10.1. The largest absolute Gasteiger partial charge is 0.377 e. The minimum absolute atomic E-state index is 0.139. The number of nitrogens with zero attached hydrogens (tertiary/aromatic N) is 2. The van der Waals surface area contributed by atoms with Gasteiger partial charge >= 0.3 is 0 Å². The van der Waals surface area contributed by atoms with Crippen molar-refractivity contribution in [2.45, 2.75) is 31.3 Å². The molecule has 0 unspecified atom stereocenters. The van der Waals surface area contributed by atoms with E-state index in [0.29, 0.717) is 19.8 Å². The Morgan fingerprint density at radius 3 is 2.46 bits per heavy atom. The Balaban J connectivity index is 1.13. The lowest BCUT2D eigenvalue weighted by molar-refractivity contribution is -0.00461. The van der Waals surface area contributed by atoms with E-state index >= 15 is 0 Å². The van der Waals surface area contributed by atoms with Crippen LogP contribution in [0.4, 0.5) is 5.82 Å². The zero-order chi connectivity index (χ0) is 19.0. The van der Waals surface area contributed by atoms with Crippen LogP contribution in [0.25, 0.3) is 0 Å². The first-order chi connectivity index (χ1) is 13.9. The molecular weight excluding hydrogens is 354 g/mol. The molecule has 0 saturated carbocycles. The molecule has 2 aliphatic heterocycles. The molecule has 2 aromatic rings. The Bertz CT molecular complexity index is 685. The molecule has 150 valence electrons. The Morgan fingerprint density at radius 2 is 1.75 bits per heavy atom. The monoisotopic (exact) mass is 383 g/mol. The number of pyridine rings is 1. The van der Waals surface area contributed by atoms with Gasteiger partial charge in [0.15, 0.2) is 0 Å². The van der Waals surface area contributed by atoms with E-state index in [2.05, 4.69) is 27.3 Å². The molecule has 2 fully saturated rings. The zero-order valence-corrected chi connectivity index (χ0v) is 16.2. The lowest BCUT2D eigenvalue weighted by atomic mass is 10.2. The summed E-state index contributed by atoms with van der Waals surface area (Å²) in [6, 6.07) is 16.3. The average Bonchev–Trinajstić information content (AvgIpc) is 3.04. The lowest BCUT2D eigenvalue weighted by Crippen LogP contribution is -2.31. The van der Waals surface area contributed by atoms with Gasteiger partial charge in [-0.15, -0.1) is 0 Å². The summed E-state index contributed by atoms with van der Waals surface area (Å²) < 4.78 is 18.1. The highest BCUT2D eigenvalue weighted by Crippen LogP contribution is 2.21. The maximum Gasteiger partial charge on any atom is 0.126 e. The van der Waals surface area contributed by atoms with E-state index in [9.17, 15) is 0 Å². The van der Waals surface area contributed by atoms with Gasteiger partial charge in [-0.25, -0.2) is 4.98 Å². The van der Waals surface area contributed by atoms with Crippen molar-refractivity contribution in [3.8, 4) is 0 Å². The van der Waals surface area contributed by atoms with E-state index in [1.807, 2.05) is 36.4 Å². The molecule has 1 aromatic carbocycles. The molecule has 2 aliphatic rings. The van der Waals surface area contributed by atoms with Crippen LogP contribution < -0.4 is 5.32 Å². The van der Waals surface area contributed by atoms with Gasteiger partial charge in [0.25, 0.3) is 0 Å². The first kappa shape index (κ1) is 19.3. The minimum atomic E-state index is 0.139. The number of fused-ring (bicyclic) bond motifs is 1. The van der Waals surface area contributed by atoms with Crippen molar-refractivity contribution < 1.29 is 14.2 Å². The van der Waals surface area contributed by atoms with Crippen molar-refractivity contribution in [1.82, 2.24) is 9.88 Å².